The summed E-state index contributed by atoms with van der Waals surface area (Å²) in [6.45, 7) is 0. The van der Waals surface area contributed by atoms with Crippen LogP contribution in [-0.4, -0.2) is 18.7 Å². The summed E-state index contributed by atoms with van der Waals surface area (Å²) in [6.07, 6.45) is 3.05. The first-order valence-corrected chi connectivity index (χ1v) is 4.70. The van der Waals surface area contributed by atoms with Gasteiger partial charge in [0.25, 0.3) is 0 Å². The largest absolute Gasteiger partial charge is 0.302 e. The van der Waals surface area contributed by atoms with E-state index in [1.54, 1.807) is 24.4 Å². The van der Waals surface area contributed by atoms with Crippen LogP contribution in [0.3, 0.4) is 0 Å². The van der Waals surface area contributed by atoms with Gasteiger partial charge in [-0.1, -0.05) is 6.07 Å². The van der Waals surface area contributed by atoms with E-state index in [2.05, 4.69) is 9.97 Å². The number of hydrogen-bond donors (Lipinski definition) is 1. The van der Waals surface area contributed by atoms with Crippen molar-refractivity contribution in [3.63, 3.8) is 0 Å². The van der Waals surface area contributed by atoms with Gasteiger partial charge in [-0.3, -0.25) is 9.97 Å². The molecule has 13 heavy (non-hydrogen) atoms. The van der Waals surface area contributed by atoms with E-state index in [1.807, 2.05) is 0 Å². The molecule has 1 atom stereocenters. The zero-order chi connectivity index (χ0) is 9.26. The van der Waals surface area contributed by atoms with Gasteiger partial charge in [-0.2, -0.15) is 0 Å². The van der Waals surface area contributed by atoms with Gasteiger partial charge in [-0.15, -0.1) is 0 Å². The van der Waals surface area contributed by atoms with E-state index in [0.29, 0.717) is 15.9 Å². The maximum atomic E-state index is 10.9. The predicted octanol–water partition coefficient (Wildman–Crippen LogP) is 1.21. The fourth-order valence-electron chi connectivity index (χ4n) is 1.11. The Morgan fingerprint density at radius 3 is 2.77 bits per heavy atom. The van der Waals surface area contributed by atoms with Crippen molar-refractivity contribution in [2.45, 2.75) is 4.90 Å². The SMILES string of the molecule is O=S(O)c1cccc2nccnc12. The van der Waals surface area contributed by atoms with E-state index in [4.69, 9.17) is 4.55 Å². The Balaban J connectivity index is 2.83. The fourth-order valence-corrected chi connectivity index (χ4v) is 1.62. The second-order valence-corrected chi connectivity index (χ2v) is 3.37. The third kappa shape index (κ3) is 1.43. The number of aromatic nitrogens is 2. The molecule has 1 aromatic heterocycles. The maximum absolute atomic E-state index is 10.9. The Kier molecular flexibility index (Phi) is 2.03. The molecule has 0 radical (unpaired) electrons. The molecule has 0 aliphatic carbocycles. The van der Waals surface area contributed by atoms with Gasteiger partial charge in [0.1, 0.15) is 5.52 Å². The van der Waals surface area contributed by atoms with E-state index in [9.17, 15) is 4.21 Å². The minimum Gasteiger partial charge on any atom is -0.302 e. The van der Waals surface area contributed by atoms with Gasteiger partial charge in [0.05, 0.1) is 10.4 Å². The van der Waals surface area contributed by atoms with Gasteiger partial charge in [-0.25, -0.2) is 4.21 Å². The van der Waals surface area contributed by atoms with Gasteiger partial charge in [0, 0.05) is 12.4 Å². The normalized spacial score (nSPS) is 13.0. The van der Waals surface area contributed by atoms with Crippen molar-refractivity contribution in [1.29, 1.82) is 0 Å². The van der Waals surface area contributed by atoms with E-state index in [1.165, 1.54) is 6.20 Å². The van der Waals surface area contributed by atoms with Gasteiger partial charge in [-0.05, 0) is 12.1 Å². The lowest BCUT2D eigenvalue weighted by Gasteiger charge is -1.98. The molecule has 0 spiro atoms. The third-order valence-electron chi connectivity index (χ3n) is 1.65. The first-order valence-electron chi connectivity index (χ1n) is 3.59. The molecule has 4 nitrogen and oxygen atoms in total. The van der Waals surface area contributed by atoms with Gasteiger partial charge in [0.2, 0.25) is 0 Å². The fraction of sp³-hybridized carbons (Fsp3) is 0. The maximum Gasteiger partial charge on any atom is 0.188 e. The zero-order valence-corrected chi connectivity index (χ0v) is 7.36. The Labute approximate surface area is 76.9 Å². The molecule has 0 fully saturated rings. The first kappa shape index (κ1) is 8.28. The van der Waals surface area contributed by atoms with Crippen molar-refractivity contribution in [2.75, 3.05) is 0 Å². The monoisotopic (exact) mass is 194 g/mol. The standard InChI is InChI=1S/C8H6N2O2S/c11-13(12)7-3-1-2-6-8(7)10-5-4-9-6/h1-5H,(H,11,12). The van der Waals surface area contributed by atoms with Crippen molar-refractivity contribution in [1.82, 2.24) is 9.97 Å². The molecular formula is C8H6N2O2S. The van der Waals surface area contributed by atoms with E-state index in [-0.39, 0.29) is 0 Å². The summed E-state index contributed by atoms with van der Waals surface area (Å²) in [5, 5.41) is 0. The third-order valence-corrected chi connectivity index (χ3v) is 2.36. The number of benzene rings is 1. The highest BCUT2D eigenvalue weighted by molar-refractivity contribution is 7.79. The Morgan fingerprint density at radius 1 is 1.23 bits per heavy atom. The van der Waals surface area contributed by atoms with Crippen LogP contribution in [0.5, 0.6) is 0 Å². The number of nitrogens with zero attached hydrogens (tertiary/aromatic N) is 2. The molecule has 0 aliphatic heterocycles. The number of fused-ring (bicyclic) bond motifs is 1. The summed E-state index contributed by atoms with van der Waals surface area (Å²) in [5.74, 6) is 0. The Hall–Kier alpha value is -1.33. The van der Waals surface area contributed by atoms with E-state index >= 15 is 0 Å². The number of rotatable bonds is 1. The minimum absolute atomic E-state index is 0.297. The van der Waals surface area contributed by atoms with Crippen molar-refractivity contribution < 1.29 is 8.76 Å². The molecule has 0 bridgehead atoms. The van der Waals surface area contributed by atoms with Crippen LogP contribution in [0.2, 0.25) is 0 Å². The van der Waals surface area contributed by atoms with Crippen LogP contribution in [0.15, 0.2) is 35.5 Å². The highest BCUT2D eigenvalue weighted by Crippen LogP contribution is 2.15. The molecular weight excluding hydrogens is 188 g/mol. The Morgan fingerprint density at radius 2 is 2.00 bits per heavy atom. The lowest BCUT2D eigenvalue weighted by molar-refractivity contribution is 0.565. The van der Waals surface area contributed by atoms with Crippen LogP contribution in [0.1, 0.15) is 0 Å². The molecule has 0 amide bonds. The topological polar surface area (TPSA) is 63.1 Å². The van der Waals surface area contributed by atoms with Gasteiger partial charge in [0.15, 0.2) is 11.1 Å². The second kappa shape index (κ2) is 3.20. The highest BCUT2D eigenvalue weighted by atomic mass is 32.2. The van der Waals surface area contributed by atoms with Crippen LogP contribution >= 0.6 is 0 Å². The van der Waals surface area contributed by atoms with Crippen molar-refractivity contribution in [3.05, 3.63) is 30.6 Å². The second-order valence-electron chi connectivity index (χ2n) is 2.43. The molecule has 1 unspecified atom stereocenters. The van der Waals surface area contributed by atoms with Crippen LogP contribution in [-0.2, 0) is 11.1 Å². The Bertz CT molecular complexity index is 467. The van der Waals surface area contributed by atoms with Crippen molar-refractivity contribution in [2.24, 2.45) is 0 Å². The molecule has 0 saturated heterocycles. The first-order chi connectivity index (χ1) is 6.29. The summed E-state index contributed by atoms with van der Waals surface area (Å²) >= 11 is -2.01. The average Bonchev–Trinajstić information content (AvgIpc) is 2.17. The molecule has 66 valence electrons. The minimum atomic E-state index is -2.01. The van der Waals surface area contributed by atoms with Gasteiger partial charge >= 0.3 is 0 Å². The summed E-state index contributed by atoms with van der Waals surface area (Å²) in [4.78, 5) is 8.30. The molecule has 2 aromatic rings. The number of hydrogen-bond acceptors (Lipinski definition) is 3. The lowest BCUT2D eigenvalue weighted by Crippen LogP contribution is -1.92. The summed E-state index contributed by atoms with van der Waals surface area (Å²) in [6, 6.07) is 4.99. The van der Waals surface area contributed by atoms with Gasteiger partial charge < -0.3 is 4.55 Å². The molecule has 1 heterocycles. The van der Waals surface area contributed by atoms with Crippen LogP contribution in [0, 0.1) is 0 Å². The van der Waals surface area contributed by atoms with Crippen LogP contribution in [0.25, 0.3) is 11.0 Å². The van der Waals surface area contributed by atoms with Crippen molar-refractivity contribution in [3.8, 4) is 0 Å². The predicted molar refractivity (Wildman–Crippen MR) is 48.6 cm³/mol. The molecule has 0 aliphatic rings. The lowest BCUT2D eigenvalue weighted by atomic mass is 10.3. The molecule has 1 N–H and O–H groups in total. The summed E-state index contributed by atoms with van der Waals surface area (Å²) < 4.78 is 19.8. The van der Waals surface area contributed by atoms with Crippen LogP contribution < -0.4 is 0 Å². The molecule has 5 heteroatoms. The van der Waals surface area contributed by atoms with E-state index < -0.39 is 11.1 Å². The highest BCUT2D eigenvalue weighted by Gasteiger charge is 2.06. The van der Waals surface area contributed by atoms with Crippen LogP contribution in [0.4, 0.5) is 0 Å². The number of para-hydroxylation sites is 1. The molecule has 1 aromatic carbocycles. The molecule has 0 saturated carbocycles. The molecule has 2 rings (SSSR count). The summed E-state index contributed by atoms with van der Waals surface area (Å²) in [7, 11) is 0. The average molecular weight is 194 g/mol. The zero-order valence-electron chi connectivity index (χ0n) is 6.54. The summed E-state index contributed by atoms with van der Waals surface area (Å²) in [5.41, 5.74) is 1.10. The van der Waals surface area contributed by atoms with Crippen molar-refractivity contribution >= 4 is 22.1 Å². The smallest absolute Gasteiger partial charge is 0.188 e. The quantitative estimate of drug-likeness (QED) is 0.693. The van der Waals surface area contributed by atoms with E-state index in [0.717, 1.165) is 0 Å².